The fourth-order valence-electron chi connectivity index (χ4n) is 3.02. The Morgan fingerprint density at radius 2 is 2.00 bits per heavy atom. The van der Waals surface area contributed by atoms with E-state index in [-0.39, 0.29) is 12.5 Å². The van der Waals surface area contributed by atoms with Gasteiger partial charge in [-0.3, -0.25) is 4.79 Å². The fraction of sp³-hybridized carbons (Fsp3) is 0.211. The zero-order valence-electron chi connectivity index (χ0n) is 14.7. The van der Waals surface area contributed by atoms with Crippen molar-refractivity contribution in [1.29, 1.82) is 0 Å². The first-order chi connectivity index (χ1) is 12.5. The normalized spacial score (nSPS) is 11.2. The van der Waals surface area contributed by atoms with Gasteiger partial charge in [0.15, 0.2) is 5.13 Å². The van der Waals surface area contributed by atoms with Gasteiger partial charge in [0.25, 0.3) is 0 Å². The van der Waals surface area contributed by atoms with E-state index in [0.29, 0.717) is 5.13 Å². The molecular formula is C19H18N4OS2. The van der Waals surface area contributed by atoms with Gasteiger partial charge >= 0.3 is 0 Å². The second-order valence-corrected chi connectivity index (χ2v) is 8.25. The molecule has 7 heteroatoms. The molecule has 4 aromatic rings. The minimum Gasteiger partial charge on any atom is -0.339 e. The van der Waals surface area contributed by atoms with Gasteiger partial charge in [-0.15, -0.1) is 11.3 Å². The summed E-state index contributed by atoms with van der Waals surface area (Å²) < 4.78 is 3.09. The van der Waals surface area contributed by atoms with E-state index >= 15 is 0 Å². The van der Waals surface area contributed by atoms with Crippen molar-refractivity contribution in [2.24, 2.45) is 0 Å². The molecule has 0 bridgehead atoms. The van der Waals surface area contributed by atoms with E-state index in [9.17, 15) is 4.79 Å². The fourth-order valence-corrected chi connectivity index (χ4v) is 4.51. The van der Waals surface area contributed by atoms with Gasteiger partial charge < -0.3 is 9.88 Å². The number of amides is 1. The standard InChI is InChI=1S/C19H18N4OS2/c1-11-8-14(16-10-25-13(3)20-16)12(2)23(11)9-18(24)22-19-21-15-6-4-5-7-17(15)26-19/h4-8,10H,9H2,1-3H3,(H,21,22,24). The van der Waals surface area contributed by atoms with Gasteiger partial charge in [-0.05, 0) is 39.0 Å². The predicted octanol–water partition coefficient (Wildman–Crippen LogP) is 4.79. The summed E-state index contributed by atoms with van der Waals surface area (Å²) in [6.45, 7) is 6.30. The molecule has 3 heterocycles. The average molecular weight is 383 g/mol. The number of benzene rings is 1. The lowest BCUT2D eigenvalue weighted by molar-refractivity contribution is -0.116. The smallest absolute Gasteiger partial charge is 0.246 e. The maximum Gasteiger partial charge on any atom is 0.246 e. The lowest BCUT2D eigenvalue weighted by atomic mass is 10.2. The monoisotopic (exact) mass is 382 g/mol. The van der Waals surface area contributed by atoms with Crippen LogP contribution in [-0.4, -0.2) is 20.4 Å². The molecule has 0 fully saturated rings. The molecule has 1 N–H and O–H groups in total. The Morgan fingerprint density at radius 1 is 1.19 bits per heavy atom. The van der Waals surface area contributed by atoms with E-state index in [0.717, 1.165) is 37.9 Å². The van der Waals surface area contributed by atoms with Crippen LogP contribution in [0.4, 0.5) is 5.13 Å². The van der Waals surface area contributed by atoms with Gasteiger partial charge in [0, 0.05) is 22.3 Å². The Kier molecular flexibility index (Phi) is 4.34. The van der Waals surface area contributed by atoms with Gasteiger partial charge in [-0.25, -0.2) is 9.97 Å². The Labute approximate surface area is 159 Å². The highest BCUT2D eigenvalue weighted by Gasteiger charge is 2.16. The molecular weight excluding hydrogens is 364 g/mol. The number of carbonyl (C=O) groups is 1. The first-order valence-electron chi connectivity index (χ1n) is 8.26. The van der Waals surface area contributed by atoms with Crippen LogP contribution in [0, 0.1) is 20.8 Å². The van der Waals surface area contributed by atoms with Crippen LogP contribution in [0.5, 0.6) is 0 Å². The molecule has 0 radical (unpaired) electrons. The molecule has 26 heavy (non-hydrogen) atoms. The molecule has 1 aromatic carbocycles. The van der Waals surface area contributed by atoms with Crippen molar-refractivity contribution >= 4 is 43.9 Å². The first-order valence-corrected chi connectivity index (χ1v) is 9.95. The molecule has 0 saturated heterocycles. The lowest BCUT2D eigenvalue weighted by Crippen LogP contribution is -2.20. The molecule has 1 amide bonds. The first kappa shape index (κ1) is 16.9. The minimum atomic E-state index is -0.0770. The van der Waals surface area contributed by atoms with Crippen molar-refractivity contribution < 1.29 is 4.79 Å². The number of rotatable bonds is 4. The number of anilines is 1. The molecule has 0 spiro atoms. The van der Waals surface area contributed by atoms with Crippen LogP contribution in [0.1, 0.15) is 16.4 Å². The van der Waals surface area contributed by atoms with Gasteiger partial charge in [0.2, 0.25) is 5.91 Å². The van der Waals surface area contributed by atoms with Crippen molar-refractivity contribution in [2.45, 2.75) is 27.3 Å². The summed E-state index contributed by atoms with van der Waals surface area (Å²) in [5.41, 5.74) is 5.05. The highest BCUT2D eigenvalue weighted by Crippen LogP contribution is 2.28. The van der Waals surface area contributed by atoms with Gasteiger partial charge in [0.1, 0.15) is 6.54 Å². The number of carbonyl (C=O) groups excluding carboxylic acids is 1. The second kappa shape index (κ2) is 6.66. The van der Waals surface area contributed by atoms with Crippen LogP contribution in [0.15, 0.2) is 35.7 Å². The van der Waals surface area contributed by atoms with E-state index in [1.165, 1.54) is 11.3 Å². The molecule has 0 aliphatic heterocycles. The topological polar surface area (TPSA) is 59.8 Å². The lowest BCUT2D eigenvalue weighted by Gasteiger charge is -2.09. The van der Waals surface area contributed by atoms with Crippen LogP contribution in [0.3, 0.4) is 0 Å². The maximum atomic E-state index is 12.5. The number of nitrogens with zero attached hydrogens (tertiary/aromatic N) is 3. The number of aryl methyl sites for hydroxylation is 2. The van der Waals surface area contributed by atoms with Gasteiger partial charge in [-0.1, -0.05) is 23.5 Å². The van der Waals surface area contributed by atoms with Gasteiger partial charge in [-0.2, -0.15) is 0 Å². The van der Waals surface area contributed by atoms with Crippen LogP contribution in [-0.2, 0) is 11.3 Å². The van der Waals surface area contributed by atoms with Crippen molar-refractivity contribution in [1.82, 2.24) is 14.5 Å². The summed E-state index contributed by atoms with van der Waals surface area (Å²) in [5, 5.41) is 6.65. The van der Waals surface area contributed by atoms with Crippen LogP contribution >= 0.6 is 22.7 Å². The number of para-hydroxylation sites is 1. The van der Waals surface area contributed by atoms with Crippen LogP contribution < -0.4 is 5.32 Å². The highest BCUT2D eigenvalue weighted by atomic mass is 32.1. The number of hydrogen-bond acceptors (Lipinski definition) is 5. The van der Waals surface area contributed by atoms with Crippen LogP contribution in [0.25, 0.3) is 21.5 Å². The Balaban J connectivity index is 1.55. The van der Waals surface area contributed by atoms with Crippen molar-refractivity contribution in [2.75, 3.05) is 5.32 Å². The summed E-state index contributed by atoms with van der Waals surface area (Å²) >= 11 is 3.12. The third-order valence-electron chi connectivity index (χ3n) is 4.31. The van der Waals surface area contributed by atoms with Crippen molar-refractivity contribution in [3.05, 3.63) is 52.1 Å². The Hall–Kier alpha value is -2.51. The summed E-state index contributed by atoms with van der Waals surface area (Å²) in [7, 11) is 0. The Bertz CT molecular complexity index is 1070. The molecule has 0 saturated carbocycles. The summed E-state index contributed by atoms with van der Waals surface area (Å²) in [6, 6.07) is 9.96. The second-order valence-electron chi connectivity index (χ2n) is 6.16. The summed E-state index contributed by atoms with van der Waals surface area (Å²) in [5.74, 6) is -0.0770. The predicted molar refractivity (Wildman–Crippen MR) is 108 cm³/mol. The molecule has 0 aliphatic carbocycles. The molecule has 4 rings (SSSR count). The van der Waals surface area contributed by atoms with Gasteiger partial charge in [0.05, 0.1) is 20.9 Å². The quantitative estimate of drug-likeness (QED) is 0.552. The highest BCUT2D eigenvalue weighted by molar-refractivity contribution is 7.22. The number of thiazole rings is 2. The summed E-state index contributed by atoms with van der Waals surface area (Å²) in [6.07, 6.45) is 0. The van der Waals surface area contributed by atoms with E-state index in [1.807, 2.05) is 49.6 Å². The number of aromatic nitrogens is 3. The molecule has 0 aliphatic rings. The zero-order valence-corrected chi connectivity index (χ0v) is 16.4. The largest absolute Gasteiger partial charge is 0.339 e. The molecule has 3 aromatic heterocycles. The Morgan fingerprint density at radius 3 is 2.73 bits per heavy atom. The zero-order chi connectivity index (χ0) is 18.3. The number of nitrogens with one attached hydrogen (secondary N) is 1. The van der Waals surface area contributed by atoms with E-state index in [4.69, 9.17) is 0 Å². The van der Waals surface area contributed by atoms with E-state index in [1.54, 1.807) is 11.3 Å². The molecule has 0 unspecified atom stereocenters. The number of hydrogen-bond donors (Lipinski definition) is 1. The third-order valence-corrected chi connectivity index (χ3v) is 6.04. The number of fused-ring (bicyclic) bond motifs is 1. The third kappa shape index (κ3) is 3.15. The van der Waals surface area contributed by atoms with Crippen molar-refractivity contribution in [3.63, 3.8) is 0 Å². The maximum absolute atomic E-state index is 12.5. The molecule has 0 atom stereocenters. The van der Waals surface area contributed by atoms with E-state index in [2.05, 4.69) is 26.7 Å². The minimum absolute atomic E-state index is 0.0770. The molecule has 132 valence electrons. The summed E-state index contributed by atoms with van der Waals surface area (Å²) in [4.78, 5) is 21.6. The van der Waals surface area contributed by atoms with Crippen LogP contribution in [0.2, 0.25) is 0 Å². The van der Waals surface area contributed by atoms with E-state index < -0.39 is 0 Å². The average Bonchev–Trinajstić information content (AvgIpc) is 3.28. The SMILES string of the molecule is Cc1nc(-c2cc(C)n(CC(=O)Nc3nc4ccccc4s3)c2C)cs1. The molecule has 5 nitrogen and oxygen atoms in total. The van der Waals surface area contributed by atoms with Crippen molar-refractivity contribution in [3.8, 4) is 11.3 Å².